The summed E-state index contributed by atoms with van der Waals surface area (Å²) in [7, 11) is 0. The third kappa shape index (κ3) is 4.13. The van der Waals surface area contributed by atoms with Crippen LogP contribution >= 0.6 is 11.3 Å². The lowest BCUT2D eigenvalue weighted by Crippen LogP contribution is -2.09. The van der Waals surface area contributed by atoms with Crippen LogP contribution in [0.25, 0.3) is 37.7 Å². The minimum Gasteiger partial charge on any atom is -0.311 e. The predicted molar refractivity (Wildman–Crippen MR) is 157 cm³/mol. The van der Waals surface area contributed by atoms with Crippen LogP contribution in [0, 0.1) is 0 Å². The lowest BCUT2D eigenvalue weighted by atomic mass is 9.97. The molecule has 2 heteroatoms. The van der Waals surface area contributed by atoms with Gasteiger partial charge in [0.2, 0.25) is 0 Å². The zero-order chi connectivity index (χ0) is 24.3. The summed E-state index contributed by atoms with van der Waals surface area (Å²) in [4.78, 5) is 3.59. The molecule has 0 amide bonds. The van der Waals surface area contributed by atoms with Crippen LogP contribution in [0.1, 0.15) is 5.56 Å². The maximum Gasteiger partial charge on any atom is 0.0462 e. The zero-order valence-electron chi connectivity index (χ0n) is 19.8. The molecule has 1 heterocycles. The summed E-state index contributed by atoms with van der Waals surface area (Å²) in [5, 5.41) is 1.29. The second kappa shape index (κ2) is 9.69. The monoisotopic (exact) mass is 479 g/mol. The number of rotatable bonds is 6. The molecule has 6 rings (SSSR count). The van der Waals surface area contributed by atoms with Crippen LogP contribution < -0.4 is 4.90 Å². The lowest BCUT2D eigenvalue weighted by Gasteiger charge is -2.25. The van der Waals surface area contributed by atoms with E-state index in [1.807, 2.05) is 17.4 Å². The van der Waals surface area contributed by atoms with Crippen LogP contribution in [0.4, 0.5) is 17.1 Å². The lowest BCUT2D eigenvalue weighted by molar-refractivity contribution is 1.28. The summed E-state index contributed by atoms with van der Waals surface area (Å²) in [5.41, 5.74) is 8.29. The minimum atomic E-state index is 1.13. The number of para-hydroxylation sites is 2. The van der Waals surface area contributed by atoms with Crippen LogP contribution in [-0.4, -0.2) is 0 Å². The van der Waals surface area contributed by atoms with Crippen LogP contribution in [0.15, 0.2) is 140 Å². The van der Waals surface area contributed by atoms with Gasteiger partial charge in [-0.15, -0.1) is 11.3 Å². The maximum absolute atomic E-state index is 3.90. The summed E-state index contributed by atoms with van der Waals surface area (Å²) in [6.07, 6.45) is 1.89. The third-order valence-corrected chi connectivity index (χ3v) is 7.67. The van der Waals surface area contributed by atoms with E-state index >= 15 is 0 Å². The number of hydrogen-bond acceptors (Lipinski definition) is 2. The highest BCUT2D eigenvalue weighted by Gasteiger charge is 2.17. The molecule has 6 aromatic rings. The van der Waals surface area contributed by atoms with E-state index in [0.717, 1.165) is 22.6 Å². The highest BCUT2D eigenvalue weighted by atomic mass is 32.1. The van der Waals surface area contributed by atoms with E-state index in [9.17, 15) is 0 Å². The van der Waals surface area contributed by atoms with Crippen molar-refractivity contribution in [3.8, 4) is 21.6 Å². The number of fused-ring (bicyclic) bond motifs is 1. The fourth-order valence-electron chi connectivity index (χ4n) is 4.68. The maximum atomic E-state index is 3.90. The van der Waals surface area contributed by atoms with Crippen molar-refractivity contribution in [2.45, 2.75) is 0 Å². The molecule has 0 radical (unpaired) electrons. The first kappa shape index (κ1) is 22.1. The average Bonchev–Trinajstić information content (AvgIpc) is 3.34. The van der Waals surface area contributed by atoms with Gasteiger partial charge in [0.15, 0.2) is 0 Å². The second-order valence-corrected chi connectivity index (χ2v) is 9.73. The van der Waals surface area contributed by atoms with Crippen LogP contribution in [0.5, 0.6) is 0 Å². The minimum absolute atomic E-state index is 1.13. The Hall–Kier alpha value is -4.40. The van der Waals surface area contributed by atoms with Crippen molar-refractivity contribution in [2.75, 3.05) is 4.90 Å². The molecule has 0 unspecified atom stereocenters. The van der Waals surface area contributed by atoms with Gasteiger partial charge in [-0.05, 0) is 59.2 Å². The van der Waals surface area contributed by atoms with Crippen molar-refractivity contribution in [2.24, 2.45) is 0 Å². The summed E-state index contributed by atoms with van der Waals surface area (Å²) >= 11 is 1.86. The Morgan fingerprint density at radius 1 is 0.528 bits per heavy atom. The van der Waals surface area contributed by atoms with E-state index in [4.69, 9.17) is 0 Å². The molecular weight excluding hydrogens is 454 g/mol. The van der Waals surface area contributed by atoms with Gasteiger partial charge in [0, 0.05) is 37.6 Å². The largest absolute Gasteiger partial charge is 0.311 e. The van der Waals surface area contributed by atoms with E-state index in [0.29, 0.717) is 0 Å². The first-order valence-corrected chi connectivity index (χ1v) is 12.9. The standard InChI is InChI=1S/C34H25NS/c1-2-25-17-19-26(20-18-25)33-31-15-9-10-16-32(31)36-34(33)27-21-23-30(24-22-27)35(28-11-5-3-6-12-28)29-13-7-4-8-14-29/h2-24H,1H2. The number of nitrogens with zero attached hydrogens (tertiary/aromatic N) is 1. The molecule has 0 bridgehead atoms. The summed E-state index contributed by atoms with van der Waals surface area (Å²) in [5.74, 6) is 0. The second-order valence-electron chi connectivity index (χ2n) is 8.68. The molecule has 0 spiro atoms. The fourth-order valence-corrected chi connectivity index (χ4v) is 5.91. The van der Waals surface area contributed by atoms with Crippen molar-refractivity contribution < 1.29 is 0 Å². The summed E-state index contributed by atoms with van der Waals surface area (Å²) < 4.78 is 1.30. The SMILES string of the molecule is C=Cc1ccc(-c2c(-c3ccc(N(c4ccccc4)c4ccccc4)cc3)sc3ccccc23)cc1. The normalized spacial score (nSPS) is 10.9. The molecule has 0 aliphatic heterocycles. The topological polar surface area (TPSA) is 3.24 Å². The van der Waals surface area contributed by atoms with E-state index in [1.165, 1.54) is 31.7 Å². The molecule has 172 valence electrons. The molecular formula is C34H25NS. The van der Waals surface area contributed by atoms with E-state index in [2.05, 4.69) is 145 Å². The molecule has 0 N–H and O–H groups in total. The molecule has 0 saturated carbocycles. The molecule has 0 atom stereocenters. The first-order valence-electron chi connectivity index (χ1n) is 12.1. The Bertz CT molecular complexity index is 1570. The van der Waals surface area contributed by atoms with Gasteiger partial charge in [0.1, 0.15) is 0 Å². The number of anilines is 3. The quantitative estimate of drug-likeness (QED) is 0.230. The van der Waals surface area contributed by atoms with Crippen LogP contribution in [0.2, 0.25) is 0 Å². The molecule has 0 aliphatic rings. The van der Waals surface area contributed by atoms with Crippen molar-refractivity contribution in [1.29, 1.82) is 0 Å². The van der Waals surface area contributed by atoms with Gasteiger partial charge >= 0.3 is 0 Å². The molecule has 36 heavy (non-hydrogen) atoms. The van der Waals surface area contributed by atoms with Crippen LogP contribution in [-0.2, 0) is 0 Å². The molecule has 5 aromatic carbocycles. The van der Waals surface area contributed by atoms with Crippen molar-refractivity contribution in [3.05, 3.63) is 146 Å². The van der Waals surface area contributed by atoms with E-state index < -0.39 is 0 Å². The molecule has 0 saturated heterocycles. The van der Waals surface area contributed by atoms with Gasteiger partial charge < -0.3 is 4.90 Å². The Morgan fingerprint density at radius 3 is 1.67 bits per heavy atom. The van der Waals surface area contributed by atoms with Gasteiger partial charge in [-0.1, -0.05) is 104 Å². The van der Waals surface area contributed by atoms with Crippen molar-refractivity contribution in [1.82, 2.24) is 0 Å². The summed E-state index contributed by atoms with van der Waals surface area (Å²) in [6, 6.07) is 47.4. The Balaban J connectivity index is 1.46. The summed E-state index contributed by atoms with van der Waals surface area (Å²) in [6.45, 7) is 3.90. The van der Waals surface area contributed by atoms with E-state index in [1.54, 1.807) is 0 Å². The number of hydrogen-bond donors (Lipinski definition) is 0. The Morgan fingerprint density at radius 2 is 1.06 bits per heavy atom. The predicted octanol–water partition coefficient (Wildman–Crippen LogP) is 10.3. The van der Waals surface area contributed by atoms with E-state index in [-0.39, 0.29) is 0 Å². The number of thiophene rings is 1. The van der Waals surface area contributed by atoms with Gasteiger partial charge in [-0.25, -0.2) is 0 Å². The molecule has 1 aromatic heterocycles. The smallest absolute Gasteiger partial charge is 0.0462 e. The Labute approximate surface area is 216 Å². The van der Waals surface area contributed by atoms with Gasteiger partial charge in [0.25, 0.3) is 0 Å². The van der Waals surface area contributed by atoms with Gasteiger partial charge in [-0.2, -0.15) is 0 Å². The highest BCUT2D eigenvalue weighted by Crippen LogP contribution is 2.45. The molecule has 0 aliphatic carbocycles. The van der Waals surface area contributed by atoms with Gasteiger partial charge in [-0.3, -0.25) is 0 Å². The molecule has 1 nitrogen and oxygen atoms in total. The van der Waals surface area contributed by atoms with Crippen LogP contribution in [0.3, 0.4) is 0 Å². The first-order chi connectivity index (χ1) is 17.8. The average molecular weight is 480 g/mol. The third-order valence-electron chi connectivity index (χ3n) is 6.45. The zero-order valence-corrected chi connectivity index (χ0v) is 20.7. The Kier molecular flexibility index (Phi) is 5.95. The fraction of sp³-hybridized carbons (Fsp3) is 0. The van der Waals surface area contributed by atoms with Gasteiger partial charge in [0.05, 0.1) is 0 Å². The highest BCUT2D eigenvalue weighted by molar-refractivity contribution is 7.23. The number of benzene rings is 5. The van der Waals surface area contributed by atoms with Crippen molar-refractivity contribution >= 4 is 44.6 Å². The molecule has 0 fully saturated rings. The van der Waals surface area contributed by atoms with Crippen molar-refractivity contribution in [3.63, 3.8) is 0 Å².